The second kappa shape index (κ2) is 9.94. The minimum atomic E-state index is -0.262. The maximum absolute atomic E-state index is 13.7. The standard InChI is InChI=1S/C23H28F2N2O2/c1-16-11-18(5-8-22(16)25)19-12-20(23(28)26-9-10-29-2)15-27(14-19)13-17-3-6-21(24)7-4-17/h3-8,11,19-20H,9-10,12-15H2,1-2H3,(H,26,28)/t19-,20-/m1/s1. The van der Waals surface area contributed by atoms with E-state index < -0.39 is 0 Å². The SMILES string of the molecule is COCCNC(=O)[C@@H]1C[C@@H](c2ccc(F)c(C)c2)CN(Cc2ccc(F)cc2)C1. The molecular weight excluding hydrogens is 374 g/mol. The molecule has 1 N–H and O–H groups in total. The molecule has 0 aliphatic carbocycles. The number of piperidine rings is 1. The van der Waals surface area contributed by atoms with Gasteiger partial charge in [0.2, 0.25) is 5.91 Å². The van der Waals surface area contributed by atoms with E-state index in [2.05, 4.69) is 10.2 Å². The molecule has 1 saturated heterocycles. The first-order chi connectivity index (χ1) is 14.0. The number of halogens is 2. The predicted molar refractivity (Wildman–Crippen MR) is 109 cm³/mol. The van der Waals surface area contributed by atoms with Crippen LogP contribution in [0.2, 0.25) is 0 Å². The van der Waals surface area contributed by atoms with Gasteiger partial charge in [-0.2, -0.15) is 0 Å². The van der Waals surface area contributed by atoms with Gasteiger partial charge in [-0.15, -0.1) is 0 Å². The van der Waals surface area contributed by atoms with E-state index in [1.807, 2.05) is 12.1 Å². The van der Waals surface area contributed by atoms with Gasteiger partial charge >= 0.3 is 0 Å². The Morgan fingerprint density at radius 3 is 2.62 bits per heavy atom. The van der Waals surface area contributed by atoms with Crippen LogP contribution in [0.25, 0.3) is 0 Å². The maximum Gasteiger partial charge on any atom is 0.224 e. The molecule has 0 bridgehead atoms. The van der Waals surface area contributed by atoms with Crippen LogP contribution >= 0.6 is 0 Å². The number of nitrogens with one attached hydrogen (secondary N) is 1. The summed E-state index contributed by atoms with van der Waals surface area (Å²) in [6.45, 7) is 4.74. The van der Waals surface area contributed by atoms with Crippen molar-refractivity contribution in [1.29, 1.82) is 0 Å². The van der Waals surface area contributed by atoms with Crippen molar-refractivity contribution in [2.45, 2.75) is 25.8 Å². The van der Waals surface area contributed by atoms with Crippen LogP contribution in [0.15, 0.2) is 42.5 Å². The van der Waals surface area contributed by atoms with Crippen LogP contribution in [0.5, 0.6) is 0 Å². The van der Waals surface area contributed by atoms with E-state index in [0.29, 0.717) is 38.2 Å². The second-order valence-corrected chi connectivity index (χ2v) is 7.74. The van der Waals surface area contributed by atoms with E-state index in [1.54, 1.807) is 26.2 Å². The first-order valence-electron chi connectivity index (χ1n) is 9.95. The van der Waals surface area contributed by atoms with Crippen LogP contribution < -0.4 is 5.32 Å². The molecule has 0 unspecified atom stereocenters. The van der Waals surface area contributed by atoms with Gasteiger partial charge in [-0.25, -0.2) is 8.78 Å². The molecule has 1 amide bonds. The van der Waals surface area contributed by atoms with Gasteiger partial charge in [0.05, 0.1) is 12.5 Å². The fourth-order valence-electron chi connectivity index (χ4n) is 3.94. The van der Waals surface area contributed by atoms with Crippen molar-refractivity contribution in [3.05, 3.63) is 70.8 Å². The molecule has 0 aromatic heterocycles. The molecule has 29 heavy (non-hydrogen) atoms. The summed E-state index contributed by atoms with van der Waals surface area (Å²) in [4.78, 5) is 14.9. The molecule has 1 fully saturated rings. The highest BCUT2D eigenvalue weighted by molar-refractivity contribution is 5.79. The molecular formula is C23H28F2N2O2. The zero-order valence-electron chi connectivity index (χ0n) is 17.0. The van der Waals surface area contributed by atoms with Crippen LogP contribution in [0.3, 0.4) is 0 Å². The Balaban J connectivity index is 1.77. The average molecular weight is 402 g/mol. The third-order valence-electron chi connectivity index (χ3n) is 5.48. The zero-order valence-corrected chi connectivity index (χ0v) is 17.0. The number of aryl methyl sites for hydroxylation is 1. The third kappa shape index (κ3) is 5.84. The summed E-state index contributed by atoms with van der Waals surface area (Å²) >= 11 is 0. The third-order valence-corrected chi connectivity index (χ3v) is 5.48. The first kappa shape index (κ1) is 21.4. The number of hydrogen-bond acceptors (Lipinski definition) is 3. The highest BCUT2D eigenvalue weighted by Gasteiger charge is 2.32. The van der Waals surface area contributed by atoms with Gasteiger partial charge in [-0.1, -0.05) is 24.3 Å². The number of rotatable bonds is 7. The van der Waals surface area contributed by atoms with E-state index in [4.69, 9.17) is 4.74 Å². The van der Waals surface area contributed by atoms with Crippen LogP contribution in [0, 0.1) is 24.5 Å². The molecule has 156 valence electrons. The summed E-state index contributed by atoms with van der Waals surface area (Å²) in [7, 11) is 1.60. The fraction of sp³-hybridized carbons (Fsp3) is 0.435. The van der Waals surface area contributed by atoms with Crippen molar-refractivity contribution in [3.63, 3.8) is 0 Å². The van der Waals surface area contributed by atoms with Crippen LogP contribution in [0.1, 0.15) is 29.0 Å². The summed E-state index contributed by atoms with van der Waals surface area (Å²) < 4.78 is 32.0. The molecule has 0 spiro atoms. The zero-order chi connectivity index (χ0) is 20.8. The Labute approximate surface area is 170 Å². The quantitative estimate of drug-likeness (QED) is 0.719. The summed E-state index contributed by atoms with van der Waals surface area (Å²) in [5.41, 5.74) is 2.66. The number of hydrogen-bond donors (Lipinski definition) is 1. The van der Waals surface area contributed by atoms with Gasteiger partial charge in [0.25, 0.3) is 0 Å². The van der Waals surface area contributed by atoms with Gasteiger partial charge < -0.3 is 10.1 Å². The number of benzene rings is 2. The normalized spacial score (nSPS) is 19.9. The Morgan fingerprint density at radius 1 is 1.17 bits per heavy atom. The summed E-state index contributed by atoms with van der Waals surface area (Å²) in [5.74, 6) is -0.517. The number of nitrogens with zero attached hydrogens (tertiary/aromatic N) is 1. The van der Waals surface area contributed by atoms with Crippen molar-refractivity contribution in [1.82, 2.24) is 10.2 Å². The largest absolute Gasteiger partial charge is 0.383 e. The fourth-order valence-corrected chi connectivity index (χ4v) is 3.94. The van der Waals surface area contributed by atoms with Gasteiger partial charge in [0.15, 0.2) is 0 Å². The number of carbonyl (C=O) groups is 1. The molecule has 2 atom stereocenters. The summed E-state index contributed by atoms with van der Waals surface area (Å²) in [6, 6.07) is 11.6. The van der Waals surface area contributed by atoms with Gasteiger partial charge in [-0.3, -0.25) is 9.69 Å². The lowest BCUT2D eigenvalue weighted by molar-refractivity contribution is -0.127. The van der Waals surface area contributed by atoms with Crippen LogP contribution in [-0.4, -0.2) is 44.2 Å². The summed E-state index contributed by atoms with van der Waals surface area (Å²) in [6.07, 6.45) is 0.712. The highest BCUT2D eigenvalue weighted by atomic mass is 19.1. The number of carbonyl (C=O) groups excluding carboxylic acids is 1. The lowest BCUT2D eigenvalue weighted by atomic mass is 9.83. The van der Waals surface area contributed by atoms with Crippen LogP contribution in [-0.2, 0) is 16.1 Å². The molecule has 1 aliphatic heterocycles. The highest BCUT2D eigenvalue weighted by Crippen LogP contribution is 2.32. The van der Waals surface area contributed by atoms with Crippen molar-refractivity contribution >= 4 is 5.91 Å². The second-order valence-electron chi connectivity index (χ2n) is 7.74. The van der Waals surface area contributed by atoms with E-state index in [-0.39, 0.29) is 29.4 Å². The van der Waals surface area contributed by atoms with E-state index >= 15 is 0 Å². The number of amides is 1. The Bertz CT molecular complexity index is 826. The molecule has 0 radical (unpaired) electrons. The van der Waals surface area contributed by atoms with E-state index in [9.17, 15) is 13.6 Å². The Kier molecular flexibility index (Phi) is 7.34. The molecule has 0 saturated carbocycles. The number of likely N-dealkylation sites (tertiary alicyclic amines) is 1. The van der Waals surface area contributed by atoms with Gasteiger partial charge in [0.1, 0.15) is 11.6 Å². The smallest absolute Gasteiger partial charge is 0.224 e. The first-order valence-corrected chi connectivity index (χ1v) is 9.95. The minimum Gasteiger partial charge on any atom is -0.383 e. The Hall–Kier alpha value is -2.31. The van der Waals surface area contributed by atoms with Gasteiger partial charge in [-0.05, 0) is 54.2 Å². The minimum absolute atomic E-state index is 0.00897. The molecule has 3 rings (SSSR count). The Morgan fingerprint density at radius 2 is 1.93 bits per heavy atom. The number of ether oxygens (including phenoxy) is 1. The van der Waals surface area contributed by atoms with E-state index in [0.717, 1.165) is 17.7 Å². The van der Waals surface area contributed by atoms with Crippen molar-refractivity contribution in [3.8, 4) is 0 Å². The number of methoxy groups -OCH3 is 1. The predicted octanol–water partition coefficient (Wildman–Crippen LogP) is 3.64. The maximum atomic E-state index is 13.7. The van der Waals surface area contributed by atoms with Gasteiger partial charge in [0, 0.05) is 33.3 Å². The van der Waals surface area contributed by atoms with Crippen molar-refractivity contribution < 1.29 is 18.3 Å². The molecule has 4 nitrogen and oxygen atoms in total. The topological polar surface area (TPSA) is 41.6 Å². The monoisotopic (exact) mass is 402 g/mol. The average Bonchev–Trinajstić information content (AvgIpc) is 2.71. The lowest BCUT2D eigenvalue weighted by Gasteiger charge is -2.37. The molecule has 1 heterocycles. The molecule has 6 heteroatoms. The lowest BCUT2D eigenvalue weighted by Crippen LogP contribution is -2.46. The summed E-state index contributed by atoms with van der Waals surface area (Å²) in [5, 5.41) is 2.94. The molecule has 2 aromatic rings. The molecule has 1 aliphatic rings. The van der Waals surface area contributed by atoms with Crippen molar-refractivity contribution in [2.24, 2.45) is 5.92 Å². The van der Waals surface area contributed by atoms with Crippen LogP contribution in [0.4, 0.5) is 8.78 Å². The van der Waals surface area contributed by atoms with E-state index in [1.165, 1.54) is 18.2 Å². The van der Waals surface area contributed by atoms with Crippen molar-refractivity contribution in [2.75, 3.05) is 33.4 Å². The molecule has 2 aromatic carbocycles.